The van der Waals surface area contributed by atoms with Crippen LogP contribution in [0.2, 0.25) is 18.6 Å². The van der Waals surface area contributed by atoms with E-state index in [4.69, 9.17) is 0 Å². The molecule has 6 heteroatoms. The Morgan fingerprint density at radius 1 is 1.15 bits per heavy atom. The van der Waals surface area contributed by atoms with Gasteiger partial charge in [0, 0.05) is 23.4 Å². The van der Waals surface area contributed by atoms with Crippen molar-refractivity contribution in [3.63, 3.8) is 0 Å². The predicted octanol–water partition coefficient (Wildman–Crippen LogP) is 3.25. The fraction of sp³-hybridized carbons (Fsp3) is 0.381. The number of fused-ring (bicyclic) bond motifs is 3. The number of nitrogens with zero attached hydrogens (tertiary/aromatic N) is 2. The number of carbonyl (C=O) groups excluding carboxylic acids is 2. The van der Waals surface area contributed by atoms with Gasteiger partial charge in [0.15, 0.2) is 0 Å². The molecule has 2 aromatic heterocycles. The van der Waals surface area contributed by atoms with Crippen molar-refractivity contribution in [1.29, 1.82) is 0 Å². The van der Waals surface area contributed by atoms with Gasteiger partial charge in [0.05, 0.1) is 13.6 Å². The molecule has 0 bridgehead atoms. The van der Waals surface area contributed by atoms with Gasteiger partial charge in [-0.3, -0.25) is 14.9 Å². The van der Waals surface area contributed by atoms with Gasteiger partial charge < -0.3 is 4.57 Å². The largest absolute Gasteiger partial charge is 0.313 e. The average molecular weight is 378 g/mol. The van der Waals surface area contributed by atoms with E-state index in [2.05, 4.69) is 45.7 Å². The number of aromatic nitrogens is 2. The van der Waals surface area contributed by atoms with E-state index < -0.39 is 8.07 Å². The van der Waals surface area contributed by atoms with Crippen LogP contribution in [0.4, 0.5) is 0 Å². The Morgan fingerprint density at radius 3 is 2.74 bits per heavy atom. The summed E-state index contributed by atoms with van der Waals surface area (Å²) in [4.78, 5) is 28.9. The van der Waals surface area contributed by atoms with E-state index in [9.17, 15) is 9.59 Å². The molecule has 2 saturated heterocycles. The van der Waals surface area contributed by atoms with Gasteiger partial charge in [0.25, 0.3) is 0 Å². The van der Waals surface area contributed by atoms with E-state index in [-0.39, 0.29) is 17.9 Å². The maximum absolute atomic E-state index is 12.6. The zero-order chi connectivity index (χ0) is 18.6. The number of piperidine rings is 1. The normalized spacial score (nSPS) is 22.5. The maximum atomic E-state index is 12.6. The van der Waals surface area contributed by atoms with Crippen molar-refractivity contribution in [1.82, 2.24) is 14.9 Å². The minimum absolute atomic E-state index is 0.184. The molecule has 1 N–H and O–H groups in total. The Hall–Kier alpha value is -2.47. The van der Waals surface area contributed by atoms with Crippen LogP contribution in [-0.2, 0) is 9.59 Å². The van der Waals surface area contributed by atoms with Gasteiger partial charge in [-0.05, 0) is 24.6 Å². The topological polar surface area (TPSA) is 64.0 Å². The third-order valence-corrected chi connectivity index (χ3v) is 11.1. The molecule has 2 aliphatic heterocycles. The fourth-order valence-electron chi connectivity index (χ4n) is 4.94. The summed E-state index contributed by atoms with van der Waals surface area (Å²) in [5.41, 5.74) is 1.91. The van der Waals surface area contributed by atoms with Crippen molar-refractivity contribution in [3.8, 4) is 0 Å². The molecule has 0 radical (unpaired) electrons. The molecular weight excluding hydrogens is 354 g/mol. The van der Waals surface area contributed by atoms with Crippen LogP contribution < -0.4 is 10.5 Å². The number of rotatable bonds is 2. The van der Waals surface area contributed by atoms with Gasteiger partial charge in [-0.25, -0.2) is 4.98 Å². The quantitative estimate of drug-likeness (QED) is 0.551. The SMILES string of the molecule is C[Si]1(c2ccc3c4cccnc4n(C4CCC(=O)NC4=O)c3c2)CCCC1. The van der Waals surface area contributed by atoms with E-state index in [1.54, 1.807) is 6.20 Å². The van der Waals surface area contributed by atoms with Gasteiger partial charge in [-0.2, -0.15) is 0 Å². The minimum Gasteiger partial charge on any atom is -0.313 e. The number of hydrogen-bond donors (Lipinski definition) is 1. The van der Waals surface area contributed by atoms with Gasteiger partial charge >= 0.3 is 0 Å². The number of carbonyl (C=O) groups is 2. The Bertz CT molecular complexity index is 1080. The monoisotopic (exact) mass is 377 g/mol. The third kappa shape index (κ3) is 2.54. The van der Waals surface area contributed by atoms with Crippen molar-refractivity contribution < 1.29 is 9.59 Å². The number of pyridine rings is 1. The highest BCUT2D eigenvalue weighted by Gasteiger charge is 2.35. The summed E-state index contributed by atoms with van der Waals surface area (Å²) < 4.78 is 2.07. The molecule has 1 unspecified atom stereocenters. The molecule has 5 rings (SSSR count). The van der Waals surface area contributed by atoms with Crippen molar-refractivity contribution in [2.24, 2.45) is 0 Å². The number of amides is 2. The fourth-order valence-corrected chi connectivity index (χ4v) is 8.79. The number of imide groups is 1. The van der Waals surface area contributed by atoms with Crippen LogP contribution in [0.3, 0.4) is 0 Å². The van der Waals surface area contributed by atoms with Crippen molar-refractivity contribution in [2.45, 2.75) is 50.4 Å². The Kier molecular flexibility index (Phi) is 3.72. The average Bonchev–Trinajstić information content (AvgIpc) is 3.24. The van der Waals surface area contributed by atoms with Crippen molar-refractivity contribution in [2.75, 3.05) is 0 Å². The number of hydrogen-bond acceptors (Lipinski definition) is 3. The van der Waals surface area contributed by atoms with E-state index >= 15 is 0 Å². The van der Waals surface area contributed by atoms with Gasteiger partial charge in [0.2, 0.25) is 11.8 Å². The van der Waals surface area contributed by atoms with Gasteiger partial charge in [-0.1, -0.05) is 48.8 Å². The highest BCUT2D eigenvalue weighted by molar-refractivity contribution is 6.91. The maximum Gasteiger partial charge on any atom is 0.249 e. The van der Waals surface area contributed by atoms with Crippen molar-refractivity contribution in [3.05, 3.63) is 36.5 Å². The first kappa shape index (κ1) is 16.7. The molecule has 2 aliphatic rings. The smallest absolute Gasteiger partial charge is 0.249 e. The minimum atomic E-state index is -1.42. The first-order valence-corrected chi connectivity index (χ1v) is 12.7. The Balaban J connectivity index is 1.76. The molecular formula is C21H23N3O2Si. The summed E-state index contributed by atoms with van der Waals surface area (Å²) >= 11 is 0. The zero-order valence-electron chi connectivity index (χ0n) is 15.5. The lowest BCUT2D eigenvalue weighted by molar-refractivity contribution is -0.135. The molecule has 5 nitrogen and oxygen atoms in total. The number of benzene rings is 1. The highest BCUT2D eigenvalue weighted by Crippen LogP contribution is 2.35. The third-order valence-electron chi connectivity index (χ3n) is 6.49. The zero-order valence-corrected chi connectivity index (χ0v) is 16.5. The molecule has 2 fully saturated rings. The Morgan fingerprint density at radius 2 is 1.96 bits per heavy atom. The molecule has 4 heterocycles. The van der Waals surface area contributed by atoms with E-state index in [1.807, 2.05) is 6.07 Å². The van der Waals surface area contributed by atoms with Crippen LogP contribution in [0.15, 0.2) is 36.5 Å². The highest BCUT2D eigenvalue weighted by atomic mass is 28.3. The second kappa shape index (κ2) is 6.02. The molecule has 27 heavy (non-hydrogen) atoms. The van der Waals surface area contributed by atoms with E-state index in [0.717, 1.165) is 21.9 Å². The van der Waals surface area contributed by atoms with Crippen LogP contribution in [0.5, 0.6) is 0 Å². The van der Waals surface area contributed by atoms with Crippen LogP contribution in [0, 0.1) is 0 Å². The van der Waals surface area contributed by atoms with E-state index in [0.29, 0.717) is 12.8 Å². The lowest BCUT2D eigenvalue weighted by atomic mass is 10.1. The molecule has 0 spiro atoms. The first-order chi connectivity index (χ1) is 13.1. The van der Waals surface area contributed by atoms with E-state index in [1.165, 1.54) is 30.1 Å². The summed E-state index contributed by atoms with van der Waals surface area (Å²) in [6.45, 7) is 2.48. The second-order valence-corrected chi connectivity index (χ2v) is 12.9. The molecule has 0 aliphatic carbocycles. The summed E-state index contributed by atoms with van der Waals surface area (Å²) in [5, 5.41) is 6.19. The molecule has 3 aromatic rings. The van der Waals surface area contributed by atoms with Crippen LogP contribution >= 0.6 is 0 Å². The summed E-state index contributed by atoms with van der Waals surface area (Å²) in [6, 6.07) is 13.2. The predicted molar refractivity (Wildman–Crippen MR) is 109 cm³/mol. The lowest BCUT2D eigenvalue weighted by Gasteiger charge is -2.25. The van der Waals surface area contributed by atoms with Crippen LogP contribution in [-0.4, -0.2) is 29.4 Å². The first-order valence-electron chi connectivity index (χ1n) is 9.80. The lowest BCUT2D eigenvalue weighted by Crippen LogP contribution is -2.42. The summed E-state index contributed by atoms with van der Waals surface area (Å²) in [5.74, 6) is -0.401. The van der Waals surface area contributed by atoms with Crippen LogP contribution in [0.25, 0.3) is 21.9 Å². The molecule has 1 atom stereocenters. The molecule has 1 aromatic carbocycles. The van der Waals surface area contributed by atoms with Crippen molar-refractivity contribution >= 4 is 47.0 Å². The molecule has 138 valence electrons. The standard InChI is InChI=1S/C21H23N3O2Si/c1-27(11-2-3-12-27)14-6-7-15-16-5-4-10-22-20(16)24(18(15)13-14)17-8-9-19(25)23-21(17)26/h4-7,10,13,17H,2-3,8-9,11-12H2,1H3,(H,23,25,26). The summed E-state index contributed by atoms with van der Waals surface area (Å²) in [6.07, 6.45) is 5.34. The van der Waals surface area contributed by atoms with Gasteiger partial charge in [-0.15, -0.1) is 0 Å². The Labute approximate surface area is 158 Å². The van der Waals surface area contributed by atoms with Crippen LogP contribution in [0.1, 0.15) is 31.7 Å². The number of nitrogens with one attached hydrogen (secondary N) is 1. The molecule has 2 amide bonds. The molecule has 0 saturated carbocycles. The summed E-state index contributed by atoms with van der Waals surface area (Å²) in [7, 11) is -1.42. The van der Waals surface area contributed by atoms with Gasteiger partial charge in [0.1, 0.15) is 11.7 Å². The second-order valence-electron chi connectivity index (χ2n) is 8.21.